The summed E-state index contributed by atoms with van der Waals surface area (Å²) in [5.41, 5.74) is 0.513. The average Bonchev–Trinajstić information content (AvgIpc) is 2.28. The van der Waals surface area contributed by atoms with Gasteiger partial charge in [-0.25, -0.2) is 4.79 Å². The summed E-state index contributed by atoms with van der Waals surface area (Å²) in [5.74, 6) is -0.773. The second kappa shape index (κ2) is 6.05. The summed E-state index contributed by atoms with van der Waals surface area (Å²) in [5, 5.41) is 11.5. The summed E-state index contributed by atoms with van der Waals surface area (Å²) in [4.78, 5) is 22.3. The van der Waals surface area contributed by atoms with Crippen molar-refractivity contribution in [2.24, 2.45) is 0 Å². The van der Waals surface area contributed by atoms with Gasteiger partial charge in [-0.1, -0.05) is 0 Å². The summed E-state index contributed by atoms with van der Waals surface area (Å²) in [6.07, 6.45) is -0.916. The molecule has 0 bridgehead atoms. The summed E-state index contributed by atoms with van der Waals surface area (Å²) >= 11 is 0. The highest BCUT2D eigenvalue weighted by Crippen LogP contribution is 2.14. The molecule has 0 aliphatic heterocycles. The average molecular weight is 251 g/mol. The Morgan fingerprint density at radius 3 is 2.17 bits per heavy atom. The lowest BCUT2D eigenvalue weighted by Crippen LogP contribution is -2.30. The zero-order valence-electron chi connectivity index (χ0n) is 10.6. The number of rotatable bonds is 5. The predicted octanol–water partition coefficient (Wildman–Crippen LogP) is 1.68. The second-order valence-electron chi connectivity index (χ2n) is 4.25. The minimum absolute atomic E-state index is 0.0699. The fourth-order valence-corrected chi connectivity index (χ4v) is 1.28. The van der Waals surface area contributed by atoms with Crippen LogP contribution in [0.3, 0.4) is 0 Å². The van der Waals surface area contributed by atoms with Crippen molar-refractivity contribution in [1.82, 2.24) is 5.32 Å². The minimum Gasteiger partial charge on any atom is -0.479 e. The Kier molecular flexibility index (Phi) is 4.71. The van der Waals surface area contributed by atoms with Crippen molar-refractivity contribution in [2.75, 3.05) is 0 Å². The van der Waals surface area contributed by atoms with E-state index in [0.29, 0.717) is 11.3 Å². The summed E-state index contributed by atoms with van der Waals surface area (Å²) in [6.45, 7) is 5.20. The number of carboxylic acids is 1. The molecule has 0 aromatic heterocycles. The molecule has 0 radical (unpaired) electrons. The van der Waals surface area contributed by atoms with E-state index in [-0.39, 0.29) is 11.9 Å². The Hall–Kier alpha value is -2.04. The van der Waals surface area contributed by atoms with Crippen molar-refractivity contribution in [2.45, 2.75) is 32.9 Å². The van der Waals surface area contributed by atoms with Gasteiger partial charge in [0, 0.05) is 11.6 Å². The summed E-state index contributed by atoms with van der Waals surface area (Å²) in [6, 6.07) is 6.42. The Bertz CT molecular complexity index is 425. The lowest BCUT2D eigenvalue weighted by molar-refractivity contribution is -0.144. The number of aliphatic carboxylic acids is 1. The molecule has 18 heavy (non-hydrogen) atoms. The highest BCUT2D eigenvalue weighted by Gasteiger charge is 2.13. The van der Waals surface area contributed by atoms with Crippen molar-refractivity contribution >= 4 is 11.9 Å². The van der Waals surface area contributed by atoms with Crippen LogP contribution in [0.25, 0.3) is 0 Å². The molecule has 0 heterocycles. The van der Waals surface area contributed by atoms with Gasteiger partial charge in [-0.3, -0.25) is 4.79 Å². The third kappa shape index (κ3) is 4.08. The van der Waals surface area contributed by atoms with Crippen LogP contribution in [0.2, 0.25) is 0 Å². The van der Waals surface area contributed by atoms with Crippen LogP contribution in [-0.2, 0) is 4.79 Å². The van der Waals surface area contributed by atoms with Crippen molar-refractivity contribution in [1.29, 1.82) is 0 Å². The zero-order valence-corrected chi connectivity index (χ0v) is 10.6. The molecule has 0 fully saturated rings. The molecule has 1 amide bonds. The first kappa shape index (κ1) is 14.0. The van der Waals surface area contributed by atoms with E-state index in [9.17, 15) is 9.59 Å². The number of carbonyl (C=O) groups is 2. The number of carbonyl (C=O) groups excluding carboxylic acids is 1. The summed E-state index contributed by atoms with van der Waals surface area (Å²) in [7, 11) is 0. The molecule has 1 atom stereocenters. The second-order valence-corrected chi connectivity index (χ2v) is 4.25. The van der Waals surface area contributed by atoms with E-state index < -0.39 is 12.1 Å². The molecular formula is C13H17NO4. The molecule has 2 N–H and O–H groups in total. The summed E-state index contributed by atoms with van der Waals surface area (Å²) < 4.78 is 5.16. The van der Waals surface area contributed by atoms with Crippen LogP contribution in [0.5, 0.6) is 5.75 Å². The first-order chi connectivity index (χ1) is 8.40. The van der Waals surface area contributed by atoms with E-state index in [4.69, 9.17) is 9.84 Å². The van der Waals surface area contributed by atoms with Gasteiger partial charge in [-0.2, -0.15) is 0 Å². The van der Waals surface area contributed by atoms with Crippen LogP contribution < -0.4 is 10.1 Å². The Morgan fingerprint density at radius 2 is 1.72 bits per heavy atom. The van der Waals surface area contributed by atoms with Gasteiger partial charge < -0.3 is 15.2 Å². The molecule has 5 heteroatoms. The smallest absolute Gasteiger partial charge is 0.344 e. The SMILES string of the molecule is CC(C)NC(=O)c1ccc(OC(C)C(=O)O)cc1. The third-order valence-electron chi connectivity index (χ3n) is 2.20. The molecule has 0 aliphatic carbocycles. The standard InChI is InChI=1S/C13H17NO4/c1-8(2)14-12(15)10-4-6-11(7-5-10)18-9(3)13(16)17/h4-9H,1-3H3,(H,14,15)(H,16,17). The zero-order chi connectivity index (χ0) is 13.7. The Balaban J connectivity index is 2.68. The molecule has 98 valence electrons. The van der Waals surface area contributed by atoms with E-state index in [1.807, 2.05) is 13.8 Å². The monoisotopic (exact) mass is 251 g/mol. The lowest BCUT2D eigenvalue weighted by Gasteiger charge is -2.11. The molecular weight excluding hydrogens is 234 g/mol. The van der Waals surface area contributed by atoms with E-state index in [1.54, 1.807) is 24.3 Å². The molecule has 0 saturated heterocycles. The molecule has 0 aliphatic rings. The Labute approximate surface area is 106 Å². The minimum atomic E-state index is -1.03. The Morgan fingerprint density at radius 1 is 1.17 bits per heavy atom. The maximum atomic E-state index is 11.7. The van der Waals surface area contributed by atoms with Crippen LogP contribution in [0.15, 0.2) is 24.3 Å². The molecule has 1 aromatic rings. The first-order valence-electron chi connectivity index (χ1n) is 5.70. The normalized spacial score (nSPS) is 12.0. The molecule has 0 saturated carbocycles. The lowest BCUT2D eigenvalue weighted by atomic mass is 10.2. The number of nitrogens with one attached hydrogen (secondary N) is 1. The van der Waals surface area contributed by atoms with Gasteiger partial charge in [-0.05, 0) is 45.0 Å². The highest BCUT2D eigenvalue weighted by molar-refractivity contribution is 5.94. The maximum absolute atomic E-state index is 11.7. The van der Waals surface area contributed by atoms with E-state index in [2.05, 4.69) is 5.32 Å². The molecule has 5 nitrogen and oxygen atoms in total. The highest BCUT2D eigenvalue weighted by atomic mass is 16.5. The topological polar surface area (TPSA) is 75.6 Å². The van der Waals surface area contributed by atoms with Crippen molar-refractivity contribution in [3.8, 4) is 5.75 Å². The number of ether oxygens (including phenoxy) is 1. The van der Waals surface area contributed by atoms with Gasteiger partial charge in [0.15, 0.2) is 6.10 Å². The maximum Gasteiger partial charge on any atom is 0.344 e. The van der Waals surface area contributed by atoms with Gasteiger partial charge in [0.2, 0.25) is 0 Å². The van der Waals surface area contributed by atoms with Crippen LogP contribution in [0, 0.1) is 0 Å². The van der Waals surface area contributed by atoms with Gasteiger partial charge >= 0.3 is 5.97 Å². The first-order valence-corrected chi connectivity index (χ1v) is 5.70. The van der Waals surface area contributed by atoms with Crippen LogP contribution in [-0.4, -0.2) is 29.1 Å². The van der Waals surface area contributed by atoms with Crippen molar-refractivity contribution in [3.05, 3.63) is 29.8 Å². The van der Waals surface area contributed by atoms with E-state index in [1.165, 1.54) is 6.92 Å². The number of benzene rings is 1. The van der Waals surface area contributed by atoms with Gasteiger partial charge in [0.05, 0.1) is 0 Å². The molecule has 1 aromatic carbocycles. The third-order valence-corrected chi connectivity index (χ3v) is 2.20. The molecule has 1 rings (SSSR count). The van der Waals surface area contributed by atoms with Gasteiger partial charge in [0.25, 0.3) is 5.91 Å². The molecule has 0 spiro atoms. The molecule has 1 unspecified atom stereocenters. The fourth-order valence-electron chi connectivity index (χ4n) is 1.28. The number of amides is 1. The van der Waals surface area contributed by atoms with Crippen molar-refractivity contribution in [3.63, 3.8) is 0 Å². The van der Waals surface area contributed by atoms with Gasteiger partial charge in [-0.15, -0.1) is 0 Å². The fraction of sp³-hybridized carbons (Fsp3) is 0.385. The number of hydrogen-bond acceptors (Lipinski definition) is 3. The van der Waals surface area contributed by atoms with E-state index in [0.717, 1.165) is 0 Å². The van der Waals surface area contributed by atoms with Crippen LogP contribution in [0.1, 0.15) is 31.1 Å². The van der Waals surface area contributed by atoms with Crippen LogP contribution >= 0.6 is 0 Å². The van der Waals surface area contributed by atoms with Crippen LogP contribution in [0.4, 0.5) is 0 Å². The van der Waals surface area contributed by atoms with E-state index >= 15 is 0 Å². The quantitative estimate of drug-likeness (QED) is 0.834. The number of carboxylic acid groups (broad SMARTS) is 1. The van der Waals surface area contributed by atoms with Gasteiger partial charge in [0.1, 0.15) is 5.75 Å². The number of hydrogen-bond donors (Lipinski definition) is 2. The largest absolute Gasteiger partial charge is 0.479 e. The van der Waals surface area contributed by atoms with Crippen molar-refractivity contribution < 1.29 is 19.4 Å². The predicted molar refractivity (Wildman–Crippen MR) is 66.8 cm³/mol.